The Labute approximate surface area is 89.2 Å². The molecule has 1 N–H and O–H groups in total. The van der Waals surface area contributed by atoms with E-state index < -0.39 is 11.8 Å². The summed E-state index contributed by atoms with van der Waals surface area (Å²) in [5, 5.41) is 8.39. The van der Waals surface area contributed by atoms with Crippen LogP contribution in [-0.2, 0) is 4.79 Å². The average Bonchev–Trinajstić information content (AvgIpc) is 2.01. The Morgan fingerprint density at radius 3 is 2.71 bits per heavy atom. The number of hydrogen-bond donors (Lipinski definition) is 1. The third-order valence-corrected chi connectivity index (χ3v) is 2.27. The first-order valence-corrected chi connectivity index (χ1v) is 4.66. The van der Waals surface area contributed by atoms with Gasteiger partial charge in [0.05, 0.1) is 0 Å². The summed E-state index contributed by atoms with van der Waals surface area (Å²) in [5.74, 6) is -1.54. The molecule has 0 amide bonds. The van der Waals surface area contributed by atoms with Crippen LogP contribution in [0.1, 0.15) is 11.1 Å². The van der Waals surface area contributed by atoms with Crippen molar-refractivity contribution in [1.82, 2.24) is 0 Å². The highest BCUT2D eigenvalue weighted by molar-refractivity contribution is 9.10. The van der Waals surface area contributed by atoms with Crippen molar-refractivity contribution in [2.75, 3.05) is 0 Å². The van der Waals surface area contributed by atoms with Gasteiger partial charge in [0.1, 0.15) is 5.82 Å². The van der Waals surface area contributed by atoms with Crippen molar-refractivity contribution in [2.24, 2.45) is 0 Å². The SMILES string of the molecule is Cc1cc(F)c(/C=C/C(=O)O)c(Br)c1. The second kappa shape index (κ2) is 4.37. The standard InChI is InChI=1S/C10H8BrFO2/c1-6-4-8(11)7(9(12)5-6)2-3-10(13)14/h2-5H,1H3,(H,13,14)/b3-2+. The molecule has 0 atom stereocenters. The molecule has 0 heterocycles. The molecule has 14 heavy (non-hydrogen) atoms. The van der Waals surface area contributed by atoms with Gasteiger partial charge in [-0.25, -0.2) is 9.18 Å². The van der Waals surface area contributed by atoms with E-state index in [9.17, 15) is 9.18 Å². The van der Waals surface area contributed by atoms with Crippen LogP contribution in [-0.4, -0.2) is 11.1 Å². The zero-order valence-corrected chi connectivity index (χ0v) is 9.01. The highest BCUT2D eigenvalue weighted by Crippen LogP contribution is 2.23. The van der Waals surface area contributed by atoms with Crippen LogP contribution in [0.4, 0.5) is 4.39 Å². The number of rotatable bonds is 2. The molecule has 0 bridgehead atoms. The minimum Gasteiger partial charge on any atom is -0.478 e. The predicted molar refractivity (Wildman–Crippen MR) is 55.5 cm³/mol. The maximum atomic E-state index is 13.3. The maximum absolute atomic E-state index is 13.3. The summed E-state index contributed by atoms with van der Waals surface area (Å²) in [6.45, 7) is 1.76. The van der Waals surface area contributed by atoms with E-state index in [1.54, 1.807) is 13.0 Å². The first-order chi connectivity index (χ1) is 6.50. The summed E-state index contributed by atoms with van der Waals surface area (Å²) in [4.78, 5) is 10.2. The van der Waals surface area contributed by atoms with Crippen LogP contribution < -0.4 is 0 Å². The molecule has 0 saturated carbocycles. The fourth-order valence-electron chi connectivity index (χ4n) is 1.02. The molecular formula is C10H8BrFO2. The van der Waals surface area contributed by atoms with Crippen molar-refractivity contribution < 1.29 is 14.3 Å². The number of carbonyl (C=O) groups is 1. The molecule has 2 nitrogen and oxygen atoms in total. The van der Waals surface area contributed by atoms with Crippen molar-refractivity contribution in [3.63, 3.8) is 0 Å². The van der Waals surface area contributed by atoms with E-state index >= 15 is 0 Å². The van der Waals surface area contributed by atoms with E-state index in [1.807, 2.05) is 0 Å². The summed E-state index contributed by atoms with van der Waals surface area (Å²) in [7, 11) is 0. The van der Waals surface area contributed by atoms with E-state index in [-0.39, 0.29) is 5.56 Å². The summed E-state index contributed by atoms with van der Waals surface area (Å²) >= 11 is 3.16. The van der Waals surface area contributed by atoms with Gasteiger partial charge in [-0.1, -0.05) is 15.9 Å². The molecule has 0 spiro atoms. The van der Waals surface area contributed by atoms with Gasteiger partial charge in [0, 0.05) is 16.1 Å². The Bertz CT molecular complexity index is 376. The number of hydrogen-bond acceptors (Lipinski definition) is 1. The highest BCUT2D eigenvalue weighted by atomic mass is 79.9. The lowest BCUT2D eigenvalue weighted by molar-refractivity contribution is -0.131. The number of carboxylic acids is 1. The topological polar surface area (TPSA) is 37.3 Å². The van der Waals surface area contributed by atoms with Crippen LogP contribution >= 0.6 is 15.9 Å². The lowest BCUT2D eigenvalue weighted by Crippen LogP contribution is -1.90. The number of aryl methyl sites for hydroxylation is 1. The molecule has 0 radical (unpaired) electrons. The molecular weight excluding hydrogens is 251 g/mol. The lowest BCUT2D eigenvalue weighted by atomic mass is 10.1. The van der Waals surface area contributed by atoms with Gasteiger partial charge in [-0.05, 0) is 30.7 Å². The quantitative estimate of drug-likeness (QED) is 0.829. The molecule has 0 aliphatic carbocycles. The van der Waals surface area contributed by atoms with Crippen LogP contribution in [0.2, 0.25) is 0 Å². The van der Waals surface area contributed by atoms with E-state index in [2.05, 4.69) is 15.9 Å². The molecule has 1 aromatic carbocycles. The number of aliphatic carboxylic acids is 1. The molecule has 0 saturated heterocycles. The Balaban J connectivity index is 3.15. The van der Waals surface area contributed by atoms with Gasteiger partial charge < -0.3 is 5.11 Å². The van der Waals surface area contributed by atoms with Gasteiger partial charge in [0.25, 0.3) is 0 Å². The van der Waals surface area contributed by atoms with E-state index in [0.29, 0.717) is 4.47 Å². The Morgan fingerprint density at radius 1 is 1.57 bits per heavy atom. The minimum atomic E-state index is -1.10. The summed E-state index contributed by atoms with van der Waals surface area (Å²) in [5.41, 5.74) is 1.03. The molecule has 0 unspecified atom stereocenters. The highest BCUT2D eigenvalue weighted by Gasteiger charge is 2.04. The first-order valence-electron chi connectivity index (χ1n) is 3.87. The van der Waals surface area contributed by atoms with Gasteiger partial charge >= 0.3 is 5.97 Å². The molecule has 0 aromatic heterocycles. The fourth-order valence-corrected chi connectivity index (χ4v) is 1.71. The molecule has 1 rings (SSSR count). The Kier molecular flexibility index (Phi) is 3.41. The zero-order chi connectivity index (χ0) is 10.7. The van der Waals surface area contributed by atoms with Crippen molar-refractivity contribution in [1.29, 1.82) is 0 Å². The third-order valence-electron chi connectivity index (χ3n) is 1.62. The smallest absolute Gasteiger partial charge is 0.328 e. The number of benzene rings is 1. The normalized spacial score (nSPS) is 10.8. The van der Waals surface area contributed by atoms with Gasteiger partial charge in [0.2, 0.25) is 0 Å². The van der Waals surface area contributed by atoms with E-state index in [1.165, 1.54) is 12.1 Å². The van der Waals surface area contributed by atoms with Gasteiger partial charge in [-0.3, -0.25) is 0 Å². The van der Waals surface area contributed by atoms with Gasteiger partial charge in [-0.2, -0.15) is 0 Å². The van der Waals surface area contributed by atoms with Crippen molar-refractivity contribution >= 4 is 28.0 Å². The third kappa shape index (κ3) is 2.67. The van der Waals surface area contributed by atoms with Crippen molar-refractivity contribution in [3.8, 4) is 0 Å². The summed E-state index contributed by atoms with van der Waals surface area (Å²) in [6, 6.07) is 3.08. The second-order valence-corrected chi connectivity index (χ2v) is 3.67. The molecule has 4 heteroatoms. The maximum Gasteiger partial charge on any atom is 0.328 e. The van der Waals surface area contributed by atoms with Gasteiger partial charge in [-0.15, -0.1) is 0 Å². The number of carboxylic acid groups (broad SMARTS) is 1. The second-order valence-electron chi connectivity index (χ2n) is 2.81. The Morgan fingerprint density at radius 2 is 2.21 bits per heavy atom. The first kappa shape index (κ1) is 10.9. The predicted octanol–water partition coefficient (Wildman–Crippen LogP) is 2.99. The lowest BCUT2D eigenvalue weighted by Gasteiger charge is -2.01. The molecule has 0 aliphatic rings. The Hall–Kier alpha value is -1.16. The monoisotopic (exact) mass is 258 g/mol. The van der Waals surface area contributed by atoms with Crippen LogP contribution in [0.15, 0.2) is 22.7 Å². The minimum absolute atomic E-state index is 0.248. The average molecular weight is 259 g/mol. The van der Waals surface area contributed by atoms with Crippen LogP contribution in [0.25, 0.3) is 6.08 Å². The van der Waals surface area contributed by atoms with Crippen LogP contribution in [0.5, 0.6) is 0 Å². The molecule has 0 fully saturated rings. The summed E-state index contributed by atoms with van der Waals surface area (Å²) in [6.07, 6.45) is 2.12. The van der Waals surface area contributed by atoms with E-state index in [0.717, 1.165) is 11.6 Å². The van der Waals surface area contributed by atoms with Crippen LogP contribution in [0, 0.1) is 12.7 Å². The zero-order valence-electron chi connectivity index (χ0n) is 7.42. The largest absolute Gasteiger partial charge is 0.478 e. The van der Waals surface area contributed by atoms with Crippen molar-refractivity contribution in [2.45, 2.75) is 6.92 Å². The van der Waals surface area contributed by atoms with Crippen LogP contribution in [0.3, 0.4) is 0 Å². The number of halogens is 2. The fraction of sp³-hybridized carbons (Fsp3) is 0.100. The van der Waals surface area contributed by atoms with Crippen molar-refractivity contribution in [3.05, 3.63) is 39.6 Å². The molecule has 74 valence electrons. The van der Waals surface area contributed by atoms with E-state index in [4.69, 9.17) is 5.11 Å². The molecule has 0 aliphatic heterocycles. The molecule has 1 aromatic rings. The van der Waals surface area contributed by atoms with Gasteiger partial charge in [0.15, 0.2) is 0 Å². The summed E-state index contributed by atoms with van der Waals surface area (Å²) < 4.78 is 13.8.